The van der Waals surface area contributed by atoms with E-state index < -0.39 is 0 Å². The van der Waals surface area contributed by atoms with Crippen LogP contribution in [0.2, 0.25) is 0 Å². The van der Waals surface area contributed by atoms with Crippen molar-refractivity contribution in [1.82, 2.24) is 4.98 Å². The van der Waals surface area contributed by atoms with Crippen molar-refractivity contribution in [3.63, 3.8) is 0 Å². The van der Waals surface area contributed by atoms with Crippen LogP contribution in [-0.2, 0) is 9.53 Å². The van der Waals surface area contributed by atoms with E-state index >= 15 is 0 Å². The summed E-state index contributed by atoms with van der Waals surface area (Å²) >= 11 is 0. The molecule has 22 heavy (non-hydrogen) atoms. The maximum absolute atomic E-state index is 11.8. The van der Waals surface area contributed by atoms with E-state index in [0.29, 0.717) is 12.7 Å². The Morgan fingerprint density at radius 3 is 2.59 bits per heavy atom. The third-order valence-electron chi connectivity index (χ3n) is 4.54. The molecular formula is C17H24N2O3. The van der Waals surface area contributed by atoms with Crippen LogP contribution in [0.15, 0.2) is 18.3 Å². The van der Waals surface area contributed by atoms with Gasteiger partial charge in [-0.1, -0.05) is 0 Å². The quantitative estimate of drug-likeness (QED) is 0.783. The van der Waals surface area contributed by atoms with E-state index in [1.807, 2.05) is 19.2 Å². The Morgan fingerprint density at radius 1 is 1.27 bits per heavy atom. The van der Waals surface area contributed by atoms with Gasteiger partial charge < -0.3 is 14.4 Å². The molecule has 3 rings (SSSR count). The molecular weight excluding hydrogens is 280 g/mol. The SMILES string of the molecule is CCOC(=O)C1CCN(c2ccc(OC3CCC3)nc2)CC1. The van der Waals surface area contributed by atoms with Crippen molar-refractivity contribution >= 4 is 11.7 Å². The topological polar surface area (TPSA) is 51.7 Å². The number of anilines is 1. The van der Waals surface area contributed by atoms with Crippen LogP contribution in [0.4, 0.5) is 5.69 Å². The Labute approximate surface area is 131 Å². The van der Waals surface area contributed by atoms with Crippen molar-refractivity contribution < 1.29 is 14.3 Å². The third kappa shape index (κ3) is 3.51. The molecule has 0 radical (unpaired) electrons. The number of rotatable bonds is 5. The zero-order chi connectivity index (χ0) is 15.4. The Kier molecular flexibility index (Phi) is 4.80. The summed E-state index contributed by atoms with van der Waals surface area (Å²) in [6, 6.07) is 4.01. The lowest BCUT2D eigenvalue weighted by atomic mass is 9.96. The van der Waals surface area contributed by atoms with Crippen LogP contribution >= 0.6 is 0 Å². The number of ether oxygens (including phenoxy) is 2. The first kappa shape index (κ1) is 15.1. The highest BCUT2D eigenvalue weighted by Gasteiger charge is 2.26. The average molecular weight is 304 g/mol. The molecule has 1 saturated heterocycles. The molecule has 1 aliphatic heterocycles. The molecule has 0 unspecified atom stereocenters. The monoisotopic (exact) mass is 304 g/mol. The molecule has 1 saturated carbocycles. The van der Waals surface area contributed by atoms with Gasteiger partial charge in [0.25, 0.3) is 0 Å². The van der Waals surface area contributed by atoms with Crippen molar-refractivity contribution in [2.75, 3.05) is 24.6 Å². The van der Waals surface area contributed by atoms with Crippen LogP contribution in [0.5, 0.6) is 5.88 Å². The molecule has 2 aliphatic rings. The van der Waals surface area contributed by atoms with Gasteiger partial charge in [0, 0.05) is 19.2 Å². The fourth-order valence-corrected chi connectivity index (χ4v) is 2.92. The normalized spacial score (nSPS) is 19.6. The van der Waals surface area contributed by atoms with E-state index in [9.17, 15) is 4.79 Å². The highest BCUT2D eigenvalue weighted by Crippen LogP contribution is 2.27. The van der Waals surface area contributed by atoms with Crippen LogP contribution in [0, 0.1) is 5.92 Å². The van der Waals surface area contributed by atoms with E-state index in [1.54, 1.807) is 0 Å². The molecule has 0 spiro atoms. The first-order valence-electron chi connectivity index (χ1n) is 8.30. The number of esters is 1. The summed E-state index contributed by atoms with van der Waals surface area (Å²) in [4.78, 5) is 18.4. The lowest BCUT2D eigenvalue weighted by Gasteiger charge is -2.32. The molecule has 1 aromatic rings. The number of hydrogen-bond donors (Lipinski definition) is 0. The molecule has 120 valence electrons. The van der Waals surface area contributed by atoms with Gasteiger partial charge in [-0.05, 0) is 45.1 Å². The van der Waals surface area contributed by atoms with Crippen molar-refractivity contribution in [3.8, 4) is 5.88 Å². The molecule has 0 N–H and O–H groups in total. The van der Waals surface area contributed by atoms with Crippen molar-refractivity contribution in [2.24, 2.45) is 5.92 Å². The highest BCUT2D eigenvalue weighted by atomic mass is 16.5. The van der Waals surface area contributed by atoms with E-state index in [-0.39, 0.29) is 11.9 Å². The maximum Gasteiger partial charge on any atom is 0.309 e. The zero-order valence-electron chi connectivity index (χ0n) is 13.2. The lowest BCUT2D eigenvalue weighted by Crippen LogP contribution is -2.37. The summed E-state index contributed by atoms with van der Waals surface area (Å²) in [5.41, 5.74) is 1.10. The zero-order valence-corrected chi connectivity index (χ0v) is 13.2. The van der Waals surface area contributed by atoms with Gasteiger partial charge in [0.15, 0.2) is 0 Å². The van der Waals surface area contributed by atoms with Gasteiger partial charge in [-0.3, -0.25) is 4.79 Å². The fraction of sp³-hybridized carbons (Fsp3) is 0.647. The molecule has 0 amide bonds. The molecule has 0 aromatic carbocycles. The summed E-state index contributed by atoms with van der Waals surface area (Å²) in [7, 11) is 0. The largest absolute Gasteiger partial charge is 0.474 e. The molecule has 5 heteroatoms. The number of carbonyl (C=O) groups is 1. The molecule has 0 atom stereocenters. The van der Waals surface area contributed by atoms with E-state index in [4.69, 9.17) is 9.47 Å². The van der Waals surface area contributed by atoms with E-state index in [1.165, 1.54) is 6.42 Å². The molecule has 2 heterocycles. The molecule has 1 aromatic heterocycles. The molecule has 2 fully saturated rings. The van der Waals surface area contributed by atoms with Crippen LogP contribution in [0.3, 0.4) is 0 Å². The Hall–Kier alpha value is -1.78. The number of piperidine rings is 1. The van der Waals surface area contributed by atoms with Gasteiger partial charge >= 0.3 is 5.97 Å². The predicted octanol–water partition coefficient (Wildman–Crippen LogP) is 2.79. The second kappa shape index (κ2) is 6.99. The number of hydrogen-bond acceptors (Lipinski definition) is 5. The number of pyridine rings is 1. The van der Waals surface area contributed by atoms with Gasteiger partial charge in [-0.25, -0.2) is 4.98 Å². The second-order valence-electron chi connectivity index (χ2n) is 6.04. The standard InChI is InChI=1S/C17H24N2O3/c1-2-21-17(20)13-8-10-19(11-9-13)14-6-7-16(18-12-14)22-15-4-3-5-15/h6-7,12-13,15H,2-5,8-11H2,1H3. The number of carbonyl (C=O) groups excluding carboxylic acids is 1. The van der Waals surface area contributed by atoms with Crippen molar-refractivity contribution in [1.29, 1.82) is 0 Å². The van der Waals surface area contributed by atoms with Gasteiger partial charge in [-0.15, -0.1) is 0 Å². The summed E-state index contributed by atoms with van der Waals surface area (Å²) in [6.07, 6.45) is 7.48. The first-order valence-corrected chi connectivity index (χ1v) is 8.30. The first-order chi connectivity index (χ1) is 10.8. The van der Waals surface area contributed by atoms with Gasteiger partial charge in [-0.2, -0.15) is 0 Å². The third-order valence-corrected chi connectivity index (χ3v) is 4.54. The summed E-state index contributed by atoms with van der Waals surface area (Å²) in [6.45, 7) is 4.05. The Morgan fingerprint density at radius 2 is 2.05 bits per heavy atom. The van der Waals surface area contributed by atoms with Crippen LogP contribution < -0.4 is 9.64 Å². The van der Waals surface area contributed by atoms with Crippen LogP contribution in [-0.4, -0.2) is 36.8 Å². The van der Waals surface area contributed by atoms with Crippen molar-refractivity contribution in [3.05, 3.63) is 18.3 Å². The average Bonchev–Trinajstić information content (AvgIpc) is 2.52. The van der Waals surface area contributed by atoms with E-state index in [0.717, 1.165) is 50.3 Å². The number of aromatic nitrogens is 1. The molecule has 1 aliphatic carbocycles. The van der Waals surface area contributed by atoms with Gasteiger partial charge in [0.1, 0.15) is 6.10 Å². The van der Waals surface area contributed by atoms with Gasteiger partial charge in [0.05, 0.1) is 24.4 Å². The predicted molar refractivity (Wildman–Crippen MR) is 84.1 cm³/mol. The minimum Gasteiger partial charge on any atom is -0.474 e. The van der Waals surface area contributed by atoms with E-state index in [2.05, 4.69) is 16.0 Å². The number of nitrogens with zero attached hydrogens (tertiary/aromatic N) is 2. The summed E-state index contributed by atoms with van der Waals surface area (Å²) in [5, 5.41) is 0. The van der Waals surface area contributed by atoms with Crippen LogP contribution in [0.25, 0.3) is 0 Å². The maximum atomic E-state index is 11.8. The Bertz CT molecular complexity index is 491. The Balaban J connectivity index is 1.51. The highest BCUT2D eigenvalue weighted by molar-refractivity contribution is 5.72. The summed E-state index contributed by atoms with van der Waals surface area (Å²) in [5.74, 6) is 0.713. The summed E-state index contributed by atoms with van der Waals surface area (Å²) < 4.78 is 10.9. The lowest BCUT2D eigenvalue weighted by molar-refractivity contribution is -0.148. The van der Waals surface area contributed by atoms with Crippen LogP contribution in [0.1, 0.15) is 39.0 Å². The smallest absolute Gasteiger partial charge is 0.309 e. The minimum atomic E-state index is -0.0514. The van der Waals surface area contributed by atoms with Crippen molar-refractivity contribution in [2.45, 2.75) is 45.1 Å². The molecule has 5 nitrogen and oxygen atoms in total. The minimum absolute atomic E-state index is 0.0467. The molecule has 0 bridgehead atoms. The van der Waals surface area contributed by atoms with Gasteiger partial charge in [0.2, 0.25) is 5.88 Å². The fourth-order valence-electron chi connectivity index (χ4n) is 2.92. The second-order valence-corrected chi connectivity index (χ2v) is 6.04.